The largest absolute Gasteiger partial charge is 0.378 e. The third-order valence-electron chi connectivity index (χ3n) is 4.99. The lowest BCUT2D eigenvalue weighted by Gasteiger charge is -2.36. The van der Waals surface area contributed by atoms with Gasteiger partial charge in [0, 0.05) is 52.4 Å². The molecule has 1 aromatic rings. The van der Waals surface area contributed by atoms with Crippen molar-refractivity contribution in [1.29, 1.82) is 0 Å². The Morgan fingerprint density at radius 2 is 1.96 bits per heavy atom. The van der Waals surface area contributed by atoms with E-state index >= 15 is 0 Å². The van der Waals surface area contributed by atoms with Crippen molar-refractivity contribution >= 4 is 29.9 Å². The average molecular weight is 472 g/mol. The van der Waals surface area contributed by atoms with Crippen molar-refractivity contribution in [2.75, 3.05) is 45.9 Å². The highest BCUT2D eigenvalue weighted by Crippen LogP contribution is 2.15. The third-order valence-corrected chi connectivity index (χ3v) is 4.99. The Morgan fingerprint density at radius 1 is 1.19 bits per heavy atom. The first-order valence-electron chi connectivity index (χ1n) is 9.76. The Kier molecular flexibility index (Phi) is 9.71. The van der Waals surface area contributed by atoms with E-state index in [4.69, 9.17) is 9.73 Å². The standard InChI is InChI=1S/C20H32N4O.HI/c1-2-21-20(22-11-10-19-9-6-16-25-19)24-14-12-23(13-15-24)17-18-7-4-3-5-8-18;/h3-5,7-8,19H,2,6,9-17H2,1H3,(H,21,22);1H. The number of aliphatic imine (C=N–C) groups is 1. The molecule has 2 saturated heterocycles. The van der Waals surface area contributed by atoms with Gasteiger partial charge in [-0.2, -0.15) is 0 Å². The van der Waals surface area contributed by atoms with Gasteiger partial charge in [-0.05, 0) is 31.7 Å². The second kappa shape index (κ2) is 11.8. The zero-order chi connectivity index (χ0) is 17.3. The summed E-state index contributed by atoms with van der Waals surface area (Å²) in [6, 6.07) is 10.7. The smallest absolute Gasteiger partial charge is 0.194 e. The molecule has 1 aromatic carbocycles. The number of hydrogen-bond donors (Lipinski definition) is 1. The summed E-state index contributed by atoms with van der Waals surface area (Å²) in [7, 11) is 0. The Balaban J connectivity index is 0.00000243. The van der Waals surface area contributed by atoms with Gasteiger partial charge in [0.05, 0.1) is 6.10 Å². The van der Waals surface area contributed by atoms with Crippen molar-refractivity contribution in [3.8, 4) is 0 Å². The lowest BCUT2D eigenvalue weighted by atomic mass is 10.2. The molecule has 2 heterocycles. The number of nitrogens with one attached hydrogen (secondary N) is 1. The monoisotopic (exact) mass is 472 g/mol. The van der Waals surface area contributed by atoms with Crippen molar-refractivity contribution in [3.05, 3.63) is 35.9 Å². The van der Waals surface area contributed by atoms with Gasteiger partial charge in [0.25, 0.3) is 0 Å². The minimum Gasteiger partial charge on any atom is -0.378 e. The Hall–Kier alpha value is -0.860. The summed E-state index contributed by atoms with van der Waals surface area (Å²) in [5.41, 5.74) is 1.40. The van der Waals surface area contributed by atoms with Crippen LogP contribution >= 0.6 is 24.0 Å². The molecule has 0 aliphatic carbocycles. The molecule has 1 atom stereocenters. The number of rotatable bonds is 6. The molecule has 2 aliphatic heterocycles. The summed E-state index contributed by atoms with van der Waals surface area (Å²) >= 11 is 0. The molecule has 1 unspecified atom stereocenters. The number of halogens is 1. The molecule has 0 saturated carbocycles. The van der Waals surface area contributed by atoms with Crippen LogP contribution in [0.3, 0.4) is 0 Å². The molecule has 0 radical (unpaired) electrons. The number of hydrogen-bond acceptors (Lipinski definition) is 3. The molecule has 146 valence electrons. The molecule has 2 fully saturated rings. The van der Waals surface area contributed by atoms with E-state index in [-0.39, 0.29) is 24.0 Å². The average Bonchev–Trinajstić information content (AvgIpc) is 3.16. The van der Waals surface area contributed by atoms with E-state index in [0.29, 0.717) is 6.10 Å². The van der Waals surface area contributed by atoms with Crippen LogP contribution in [0.2, 0.25) is 0 Å². The summed E-state index contributed by atoms with van der Waals surface area (Å²) in [5.74, 6) is 1.07. The van der Waals surface area contributed by atoms with Gasteiger partial charge in [-0.15, -0.1) is 24.0 Å². The van der Waals surface area contributed by atoms with E-state index < -0.39 is 0 Å². The SMILES string of the molecule is CCNC(=NCCC1CCCO1)N1CCN(Cc2ccccc2)CC1.I. The van der Waals surface area contributed by atoms with Gasteiger partial charge < -0.3 is 15.0 Å². The van der Waals surface area contributed by atoms with E-state index in [2.05, 4.69) is 52.4 Å². The zero-order valence-electron chi connectivity index (χ0n) is 15.9. The lowest BCUT2D eigenvalue weighted by Crippen LogP contribution is -2.52. The number of nitrogens with zero attached hydrogens (tertiary/aromatic N) is 3. The van der Waals surface area contributed by atoms with Crippen molar-refractivity contribution in [1.82, 2.24) is 15.1 Å². The molecule has 3 rings (SSSR count). The lowest BCUT2D eigenvalue weighted by molar-refractivity contribution is 0.106. The van der Waals surface area contributed by atoms with Crippen molar-refractivity contribution in [2.24, 2.45) is 4.99 Å². The van der Waals surface area contributed by atoms with Gasteiger partial charge in [0.2, 0.25) is 0 Å². The van der Waals surface area contributed by atoms with Crippen LogP contribution in [-0.4, -0.2) is 67.7 Å². The zero-order valence-corrected chi connectivity index (χ0v) is 18.2. The summed E-state index contributed by atoms with van der Waals surface area (Å²) in [6.45, 7) is 10.1. The van der Waals surface area contributed by atoms with Gasteiger partial charge in [-0.25, -0.2) is 0 Å². The van der Waals surface area contributed by atoms with Crippen LogP contribution in [0, 0.1) is 0 Å². The summed E-state index contributed by atoms with van der Waals surface area (Å²) in [4.78, 5) is 9.78. The maximum Gasteiger partial charge on any atom is 0.194 e. The minimum absolute atomic E-state index is 0. The van der Waals surface area contributed by atoms with Gasteiger partial charge in [-0.3, -0.25) is 9.89 Å². The number of piperazine rings is 1. The second-order valence-corrected chi connectivity index (χ2v) is 6.91. The van der Waals surface area contributed by atoms with Crippen LogP contribution in [-0.2, 0) is 11.3 Å². The van der Waals surface area contributed by atoms with E-state index in [1.165, 1.54) is 18.4 Å². The molecule has 6 heteroatoms. The second-order valence-electron chi connectivity index (χ2n) is 6.91. The number of ether oxygens (including phenoxy) is 1. The van der Waals surface area contributed by atoms with E-state index in [1.807, 2.05) is 0 Å². The molecular weight excluding hydrogens is 439 g/mol. The summed E-state index contributed by atoms with van der Waals surface area (Å²) in [6.07, 6.45) is 3.87. The van der Waals surface area contributed by atoms with Crippen LogP contribution in [0.15, 0.2) is 35.3 Å². The number of guanidine groups is 1. The van der Waals surface area contributed by atoms with Crippen LogP contribution in [0.5, 0.6) is 0 Å². The topological polar surface area (TPSA) is 40.1 Å². The first kappa shape index (κ1) is 21.4. The van der Waals surface area contributed by atoms with Crippen LogP contribution in [0.25, 0.3) is 0 Å². The summed E-state index contributed by atoms with van der Waals surface area (Å²) in [5, 5.41) is 3.46. The molecule has 0 spiro atoms. The fraction of sp³-hybridized carbons (Fsp3) is 0.650. The molecule has 26 heavy (non-hydrogen) atoms. The van der Waals surface area contributed by atoms with E-state index in [9.17, 15) is 0 Å². The van der Waals surface area contributed by atoms with Crippen LogP contribution < -0.4 is 5.32 Å². The highest BCUT2D eigenvalue weighted by atomic mass is 127. The normalized spacial score (nSPS) is 21.5. The quantitative estimate of drug-likeness (QED) is 0.393. The van der Waals surface area contributed by atoms with Crippen molar-refractivity contribution < 1.29 is 4.74 Å². The maximum absolute atomic E-state index is 5.70. The molecule has 0 bridgehead atoms. The molecule has 5 nitrogen and oxygen atoms in total. The highest BCUT2D eigenvalue weighted by Gasteiger charge is 2.20. The van der Waals surface area contributed by atoms with Crippen molar-refractivity contribution in [2.45, 2.75) is 38.8 Å². The van der Waals surface area contributed by atoms with Gasteiger partial charge in [-0.1, -0.05) is 30.3 Å². The van der Waals surface area contributed by atoms with Gasteiger partial charge in [0.15, 0.2) is 5.96 Å². The third kappa shape index (κ3) is 6.70. The first-order valence-corrected chi connectivity index (χ1v) is 9.76. The minimum atomic E-state index is 0. The van der Waals surface area contributed by atoms with Gasteiger partial charge >= 0.3 is 0 Å². The van der Waals surface area contributed by atoms with E-state index in [1.54, 1.807) is 0 Å². The summed E-state index contributed by atoms with van der Waals surface area (Å²) < 4.78 is 5.70. The molecule has 1 N–H and O–H groups in total. The van der Waals surface area contributed by atoms with Crippen molar-refractivity contribution in [3.63, 3.8) is 0 Å². The number of benzene rings is 1. The Bertz CT molecular complexity index is 526. The predicted octanol–water partition coefficient (Wildman–Crippen LogP) is 2.96. The fourth-order valence-corrected chi connectivity index (χ4v) is 3.57. The first-order chi connectivity index (χ1) is 12.3. The van der Waals surface area contributed by atoms with Crippen LogP contribution in [0.1, 0.15) is 31.7 Å². The van der Waals surface area contributed by atoms with Gasteiger partial charge in [0.1, 0.15) is 0 Å². The van der Waals surface area contributed by atoms with E-state index in [0.717, 1.165) is 64.8 Å². The molecule has 0 aromatic heterocycles. The maximum atomic E-state index is 5.70. The molecule has 0 amide bonds. The highest BCUT2D eigenvalue weighted by molar-refractivity contribution is 14.0. The predicted molar refractivity (Wildman–Crippen MR) is 118 cm³/mol. The Labute approximate surface area is 175 Å². The molecule has 2 aliphatic rings. The fourth-order valence-electron chi connectivity index (χ4n) is 3.57. The molecular formula is C20H33IN4O. The Morgan fingerprint density at radius 3 is 2.62 bits per heavy atom. The van der Waals surface area contributed by atoms with Crippen LogP contribution in [0.4, 0.5) is 0 Å².